The molecular formula is C16H31IN6. The quantitative estimate of drug-likeness (QED) is 0.391. The lowest BCUT2D eigenvalue weighted by atomic mass is 10.0. The fourth-order valence-corrected chi connectivity index (χ4v) is 3.08. The van der Waals surface area contributed by atoms with Crippen molar-refractivity contribution in [3.8, 4) is 0 Å². The van der Waals surface area contributed by atoms with Crippen LogP contribution >= 0.6 is 24.0 Å². The van der Waals surface area contributed by atoms with Crippen LogP contribution in [0.3, 0.4) is 0 Å². The zero-order chi connectivity index (χ0) is 15.6. The van der Waals surface area contributed by atoms with Crippen molar-refractivity contribution >= 4 is 29.9 Å². The monoisotopic (exact) mass is 434 g/mol. The molecular weight excluding hydrogens is 403 g/mol. The van der Waals surface area contributed by atoms with E-state index in [0.29, 0.717) is 0 Å². The molecule has 0 spiro atoms. The second-order valence-electron chi connectivity index (χ2n) is 5.82. The Hall–Kier alpha value is -0.830. The fraction of sp³-hybridized carbons (Fsp3) is 0.750. The summed E-state index contributed by atoms with van der Waals surface area (Å²) in [7, 11) is 1.82. The summed E-state index contributed by atoms with van der Waals surface area (Å²) in [5.41, 5.74) is 0. The van der Waals surface area contributed by atoms with Gasteiger partial charge in [-0.15, -0.1) is 24.0 Å². The van der Waals surface area contributed by atoms with Crippen molar-refractivity contribution in [3.63, 3.8) is 0 Å². The van der Waals surface area contributed by atoms with Crippen LogP contribution in [0.4, 0.5) is 0 Å². The molecule has 1 aromatic heterocycles. The number of rotatable bonds is 7. The molecule has 0 saturated carbocycles. The number of guanidine groups is 1. The van der Waals surface area contributed by atoms with Gasteiger partial charge in [0.25, 0.3) is 0 Å². The second-order valence-corrected chi connectivity index (χ2v) is 5.82. The Labute approximate surface area is 157 Å². The summed E-state index contributed by atoms with van der Waals surface area (Å²) in [6, 6.07) is 0.770. The third-order valence-corrected chi connectivity index (χ3v) is 4.36. The molecule has 0 radical (unpaired) electrons. The number of hydrogen-bond donors (Lipinski definition) is 2. The maximum absolute atomic E-state index is 4.28. The van der Waals surface area contributed by atoms with E-state index in [1.807, 2.05) is 19.6 Å². The molecule has 1 aromatic rings. The zero-order valence-electron chi connectivity index (χ0n) is 14.4. The van der Waals surface area contributed by atoms with Gasteiger partial charge in [0.2, 0.25) is 0 Å². The van der Waals surface area contributed by atoms with Crippen LogP contribution < -0.4 is 10.6 Å². The summed E-state index contributed by atoms with van der Waals surface area (Å²) >= 11 is 0. The minimum absolute atomic E-state index is 0. The van der Waals surface area contributed by atoms with E-state index in [1.54, 1.807) is 6.20 Å². The van der Waals surface area contributed by atoms with E-state index in [-0.39, 0.29) is 24.0 Å². The average molecular weight is 434 g/mol. The molecule has 23 heavy (non-hydrogen) atoms. The van der Waals surface area contributed by atoms with Gasteiger partial charge in [-0.3, -0.25) is 9.89 Å². The van der Waals surface area contributed by atoms with Crippen LogP contribution in [0.1, 0.15) is 32.6 Å². The summed E-state index contributed by atoms with van der Waals surface area (Å²) in [5, 5.41) is 6.76. The highest BCUT2D eigenvalue weighted by Crippen LogP contribution is 2.18. The Morgan fingerprint density at radius 2 is 2.04 bits per heavy atom. The molecule has 1 aliphatic heterocycles. The summed E-state index contributed by atoms with van der Waals surface area (Å²) in [4.78, 5) is 10.9. The van der Waals surface area contributed by atoms with Crippen LogP contribution in [0.2, 0.25) is 0 Å². The average Bonchev–Trinajstić information content (AvgIpc) is 3.07. The summed E-state index contributed by atoms with van der Waals surface area (Å²) in [5.74, 6) is 0.880. The van der Waals surface area contributed by atoms with E-state index in [9.17, 15) is 0 Å². The standard InChI is InChI=1S/C16H30N6.HI/c1-3-15-6-4-5-10-22(15)13-9-20-16(17-2)19-8-12-21-11-7-18-14-21;/h7,11,14-15H,3-6,8-10,12-13H2,1-2H3,(H2,17,19,20);1H. The number of likely N-dealkylation sites (tertiary alicyclic amines) is 1. The Kier molecular flexibility index (Phi) is 10.3. The minimum atomic E-state index is 0. The van der Waals surface area contributed by atoms with Gasteiger partial charge in [0.15, 0.2) is 5.96 Å². The lowest BCUT2D eigenvalue weighted by molar-refractivity contribution is 0.147. The molecule has 0 bridgehead atoms. The number of imidazole rings is 1. The van der Waals surface area contributed by atoms with Gasteiger partial charge in [0, 0.05) is 51.7 Å². The normalized spacial score (nSPS) is 19.2. The Morgan fingerprint density at radius 1 is 1.26 bits per heavy atom. The van der Waals surface area contributed by atoms with Crippen LogP contribution in [0.5, 0.6) is 0 Å². The molecule has 0 aliphatic carbocycles. The predicted octanol–water partition coefficient (Wildman–Crippen LogP) is 1.93. The minimum Gasteiger partial charge on any atom is -0.355 e. The Morgan fingerprint density at radius 3 is 2.70 bits per heavy atom. The number of piperidine rings is 1. The van der Waals surface area contributed by atoms with E-state index >= 15 is 0 Å². The van der Waals surface area contributed by atoms with E-state index in [2.05, 4.69) is 37.0 Å². The smallest absolute Gasteiger partial charge is 0.191 e. The molecule has 1 aliphatic rings. The molecule has 2 N–H and O–H groups in total. The molecule has 2 heterocycles. The lowest BCUT2D eigenvalue weighted by Crippen LogP contribution is -2.46. The Bertz CT molecular complexity index is 434. The van der Waals surface area contributed by atoms with Crippen LogP contribution in [0.15, 0.2) is 23.7 Å². The third kappa shape index (κ3) is 7.07. The molecule has 7 heteroatoms. The number of halogens is 1. The van der Waals surface area contributed by atoms with Crippen molar-refractivity contribution in [1.29, 1.82) is 0 Å². The molecule has 132 valence electrons. The first-order valence-electron chi connectivity index (χ1n) is 8.47. The molecule has 0 amide bonds. The van der Waals surface area contributed by atoms with Crippen molar-refractivity contribution in [2.45, 2.75) is 45.2 Å². The van der Waals surface area contributed by atoms with Crippen molar-refractivity contribution < 1.29 is 0 Å². The van der Waals surface area contributed by atoms with Crippen molar-refractivity contribution in [2.24, 2.45) is 4.99 Å². The SMILES string of the molecule is CCC1CCCCN1CCNC(=NC)NCCn1ccnc1.I. The van der Waals surface area contributed by atoms with E-state index in [1.165, 1.54) is 32.2 Å². The zero-order valence-corrected chi connectivity index (χ0v) is 16.7. The molecule has 6 nitrogen and oxygen atoms in total. The first-order chi connectivity index (χ1) is 10.8. The first-order valence-corrected chi connectivity index (χ1v) is 8.47. The van der Waals surface area contributed by atoms with E-state index < -0.39 is 0 Å². The first kappa shape index (κ1) is 20.2. The lowest BCUT2D eigenvalue weighted by Gasteiger charge is -2.35. The van der Waals surface area contributed by atoms with E-state index in [0.717, 1.165) is 38.2 Å². The highest BCUT2D eigenvalue weighted by atomic mass is 127. The fourth-order valence-electron chi connectivity index (χ4n) is 3.08. The number of hydrogen-bond acceptors (Lipinski definition) is 3. The molecule has 1 atom stereocenters. The molecule has 1 saturated heterocycles. The van der Waals surface area contributed by atoms with Crippen LogP contribution in [-0.4, -0.2) is 59.7 Å². The van der Waals surface area contributed by atoms with Gasteiger partial charge in [-0.1, -0.05) is 13.3 Å². The third-order valence-electron chi connectivity index (χ3n) is 4.36. The van der Waals surface area contributed by atoms with Gasteiger partial charge in [-0.25, -0.2) is 4.98 Å². The number of aromatic nitrogens is 2. The van der Waals surface area contributed by atoms with Crippen molar-refractivity contribution in [2.75, 3.05) is 33.2 Å². The highest BCUT2D eigenvalue weighted by Gasteiger charge is 2.19. The molecule has 0 aromatic carbocycles. The number of nitrogens with zero attached hydrogens (tertiary/aromatic N) is 4. The van der Waals surface area contributed by atoms with Gasteiger partial charge in [-0.2, -0.15) is 0 Å². The van der Waals surface area contributed by atoms with Gasteiger partial charge < -0.3 is 15.2 Å². The summed E-state index contributed by atoms with van der Waals surface area (Å²) in [6.07, 6.45) is 11.0. The van der Waals surface area contributed by atoms with E-state index in [4.69, 9.17) is 0 Å². The maximum Gasteiger partial charge on any atom is 0.191 e. The topological polar surface area (TPSA) is 57.5 Å². The van der Waals surface area contributed by atoms with Crippen molar-refractivity contribution in [3.05, 3.63) is 18.7 Å². The maximum atomic E-state index is 4.28. The van der Waals surface area contributed by atoms with Gasteiger partial charge in [0.1, 0.15) is 0 Å². The van der Waals surface area contributed by atoms with Crippen LogP contribution in [0, 0.1) is 0 Å². The number of nitrogens with one attached hydrogen (secondary N) is 2. The molecule has 2 rings (SSSR count). The van der Waals surface area contributed by atoms with Crippen molar-refractivity contribution in [1.82, 2.24) is 25.1 Å². The largest absolute Gasteiger partial charge is 0.355 e. The second kappa shape index (κ2) is 11.7. The Balaban J connectivity index is 0.00000264. The predicted molar refractivity (Wildman–Crippen MR) is 107 cm³/mol. The molecule has 1 unspecified atom stereocenters. The number of aliphatic imine (C=N–C) groups is 1. The van der Waals surface area contributed by atoms with Crippen LogP contribution in [0.25, 0.3) is 0 Å². The van der Waals surface area contributed by atoms with Gasteiger partial charge >= 0.3 is 0 Å². The summed E-state index contributed by atoms with van der Waals surface area (Å²) in [6.45, 7) is 7.32. The van der Waals surface area contributed by atoms with Gasteiger partial charge in [-0.05, 0) is 25.8 Å². The highest BCUT2D eigenvalue weighted by molar-refractivity contribution is 14.0. The van der Waals surface area contributed by atoms with Crippen LogP contribution in [-0.2, 0) is 6.54 Å². The summed E-state index contributed by atoms with van der Waals surface area (Å²) < 4.78 is 2.06. The molecule has 1 fully saturated rings. The van der Waals surface area contributed by atoms with Gasteiger partial charge in [0.05, 0.1) is 6.33 Å².